The van der Waals surface area contributed by atoms with Gasteiger partial charge in [0.15, 0.2) is 6.61 Å². The monoisotopic (exact) mass is 370 g/mol. The van der Waals surface area contributed by atoms with Crippen LogP contribution < -0.4 is 10.1 Å². The van der Waals surface area contributed by atoms with Gasteiger partial charge in [-0.05, 0) is 42.7 Å². The first kappa shape index (κ1) is 18.9. The number of halogens is 1. The van der Waals surface area contributed by atoms with Gasteiger partial charge in [-0.25, -0.2) is 4.39 Å². The highest BCUT2D eigenvalue weighted by atomic mass is 19.1. The molecular weight excluding hydrogens is 347 g/mol. The quantitative estimate of drug-likeness (QED) is 0.870. The minimum atomic E-state index is -0.571. The van der Waals surface area contributed by atoms with Crippen LogP contribution in [0.3, 0.4) is 0 Å². The van der Waals surface area contributed by atoms with E-state index >= 15 is 0 Å². The zero-order chi connectivity index (χ0) is 19.4. The summed E-state index contributed by atoms with van der Waals surface area (Å²) in [5.74, 6) is -0.0233. The fourth-order valence-electron chi connectivity index (χ4n) is 2.91. The molecule has 0 fully saturated rings. The average molecular weight is 370 g/mol. The minimum Gasteiger partial charge on any atom is -0.483 e. The van der Waals surface area contributed by atoms with E-state index < -0.39 is 11.7 Å². The van der Waals surface area contributed by atoms with Crippen LogP contribution in [0.25, 0.3) is 0 Å². The van der Waals surface area contributed by atoms with Gasteiger partial charge in [0.25, 0.3) is 11.8 Å². The van der Waals surface area contributed by atoms with Crippen molar-refractivity contribution in [3.8, 4) is 5.75 Å². The minimum absolute atomic E-state index is 0.00598. The van der Waals surface area contributed by atoms with Crippen LogP contribution in [0.5, 0.6) is 5.75 Å². The summed E-state index contributed by atoms with van der Waals surface area (Å²) in [4.78, 5) is 26.4. The number of carbonyl (C=O) groups excluding carboxylic acids is 2. The Balaban J connectivity index is 1.77. The lowest BCUT2D eigenvalue weighted by Gasteiger charge is -2.21. The Morgan fingerprint density at radius 2 is 2.04 bits per heavy atom. The van der Waals surface area contributed by atoms with Crippen molar-refractivity contribution in [3.63, 3.8) is 0 Å². The molecule has 5 nitrogen and oxygen atoms in total. The van der Waals surface area contributed by atoms with Crippen molar-refractivity contribution in [2.45, 2.75) is 26.8 Å². The molecule has 0 bridgehead atoms. The highest BCUT2D eigenvalue weighted by Gasteiger charge is 2.22. The molecule has 6 heteroatoms. The van der Waals surface area contributed by atoms with Crippen LogP contribution in [0.4, 0.5) is 10.1 Å². The standard InChI is InChI=1S/C21H23FN2O3/c1-14(2)9-10-24-12-15-11-16(7-8-19(15)27-13-20(24)25)23-21(26)17-5-3-4-6-18(17)22/h3-8,11,14H,9-10,12-13H2,1-2H3,(H,23,26). The van der Waals surface area contributed by atoms with Crippen molar-refractivity contribution in [2.75, 3.05) is 18.5 Å². The zero-order valence-corrected chi connectivity index (χ0v) is 15.5. The second-order valence-corrected chi connectivity index (χ2v) is 7.04. The Labute approximate surface area is 158 Å². The molecule has 2 amide bonds. The van der Waals surface area contributed by atoms with Crippen LogP contribution in [0.1, 0.15) is 36.2 Å². The SMILES string of the molecule is CC(C)CCN1Cc2cc(NC(=O)c3ccccc3F)ccc2OCC1=O. The van der Waals surface area contributed by atoms with Crippen molar-refractivity contribution in [1.82, 2.24) is 4.90 Å². The lowest BCUT2D eigenvalue weighted by atomic mass is 10.1. The van der Waals surface area contributed by atoms with Crippen LogP contribution in [0.15, 0.2) is 42.5 Å². The third kappa shape index (κ3) is 4.64. The van der Waals surface area contributed by atoms with Gasteiger partial charge in [-0.3, -0.25) is 9.59 Å². The summed E-state index contributed by atoms with van der Waals surface area (Å²) in [5.41, 5.74) is 1.33. The Kier molecular flexibility index (Phi) is 5.74. The van der Waals surface area contributed by atoms with Gasteiger partial charge in [-0.15, -0.1) is 0 Å². The van der Waals surface area contributed by atoms with E-state index in [9.17, 15) is 14.0 Å². The van der Waals surface area contributed by atoms with Gasteiger partial charge >= 0.3 is 0 Å². The Morgan fingerprint density at radius 3 is 2.78 bits per heavy atom. The number of amides is 2. The molecule has 0 unspecified atom stereocenters. The van der Waals surface area contributed by atoms with Gasteiger partial charge in [0.05, 0.1) is 5.56 Å². The van der Waals surface area contributed by atoms with Gasteiger partial charge in [-0.2, -0.15) is 0 Å². The molecule has 2 aromatic rings. The number of hydrogen-bond donors (Lipinski definition) is 1. The molecule has 1 aliphatic rings. The molecule has 0 saturated heterocycles. The topological polar surface area (TPSA) is 58.6 Å². The van der Waals surface area contributed by atoms with Gasteiger partial charge in [0.1, 0.15) is 11.6 Å². The zero-order valence-electron chi connectivity index (χ0n) is 15.5. The van der Waals surface area contributed by atoms with E-state index in [0.717, 1.165) is 12.0 Å². The van der Waals surface area contributed by atoms with Gasteiger partial charge in [0, 0.05) is 24.3 Å². The summed E-state index contributed by atoms with van der Waals surface area (Å²) in [6.07, 6.45) is 0.908. The van der Waals surface area contributed by atoms with E-state index in [1.54, 1.807) is 29.2 Å². The molecule has 0 radical (unpaired) electrons. The Bertz CT molecular complexity index is 851. The first-order valence-electron chi connectivity index (χ1n) is 9.03. The molecular formula is C21H23FN2O3. The third-order valence-corrected chi connectivity index (χ3v) is 4.48. The van der Waals surface area contributed by atoms with E-state index in [2.05, 4.69) is 19.2 Å². The molecule has 0 atom stereocenters. The number of rotatable bonds is 5. The Morgan fingerprint density at radius 1 is 1.26 bits per heavy atom. The van der Waals surface area contributed by atoms with E-state index in [1.807, 2.05) is 0 Å². The lowest BCUT2D eigenvalue weighted by Crippen LogP contribution is -2.33. The number of benzene rings is 2. The lowest BCUT2D eigenvalue weighted by molar-refractivity contribution is -0.133. The highest BCUT2D eigenvalue weighted by Crippen LogP contribution is 2.27. The number of ether oxygens (including phenoxy) is 1. The molecule has 3 rings (SSSR count). The number of carbonyl (C=O) groups is 2. The number of hydrogen-bond acceptors (Lipinski definition) is 3. The second kappa shape index (κ2) is 8.20. The fraction of sp³-hybridized carbons (Fsp3) is 0.333. The molecule has 1 heterocycles. The maximum atomic E-state index is 13.8. The molecule has 0 aliphatic carbocycles. The summed E-state index contributed by atoms with van der Waals surface area (Å²) in [6.45, 7) is 5.31. The van der Waals surface area contributed by atoms with Crippen LogP contribution in [0.2, 0.25) is 0 Å². The van der Waals surface area contributed by atoms with Gasteiger partial charge < -0.3 is 15.0 Å². The van der Waals surface area contributed by atoms with Crippen LogP contribution in [-0.2, 0) is 11.3 Å². The van der Waals surface area contributed by atoms with E-state index in [0.29, 0.717) is 30.4 Å². The first-order valence-corrected chi connectivity index (χ1v) is 9.03. The second-order valence-electron chi connectivity index (χ2n) is 7.04. The number of nitrogens with zero attached hydrogens (tertiary/aromatic N) is 1. The maximum absolute atomic E-state index is 13.8. The average Bonchev–Trinajstić information content (AvgIpc) is 2.79. The smallest absolute Gasteiger partial charge is 0.260 e. The summed E-state index contributed by atoms with van der Waals surface area (Å²) in [7, 11) is 0. The van der Waals surface area contributed by atoms with Crippen molar-refractivity contribution in [1.29, 1.82) is 0 Å². The van der Waals surface area contributed by atoms with Crippen LogP contribution in [0, 0.1) is 11.7 Å². The molecule has 0 aromatic heterocycles. The highest BCUT2D eigenvalue weighted by molar-refractivity contribution is 6.04. The summed E-state index contributed by atoms with van der Waals surface area (Å²) in [6, 6.07) is 11.0. The van der Waals surface area contributed by atoms with Gasteiger partial charge in [-0.1, -0.05) is 26.0 Å². The van der Waals surface area contributed by atoms with Crippen LogP contribution >= 0.6 is 0 Å². The van der Waals surface area contributed by atoms with Gasteiger partial charge in [0.2, 0.25) is 0 Å². The molecule has 27 heavy (non-hydrogen) atoms. The Hall–Kier alpha value is -2.89. The van der Waals surface area contributed by atoms with Crippen LogP contribution in [-0.4, -0.2) is 29.9 Å². The van der Waals surface area contributed by atoms with Crippen molar-refractivity contribution in [3.05, 3.63) is 59.4 Å². The predicted molar refractivity (Wildman–Crippen MR) is 101 cm³/mol. The molecule has 0 spiro atoms. The van der Waals surface area contributed by atoms with Crippen molar-refractivity contribution in [2.24, 2.45) is 5.92 Å². The molecule has 1 N–H and O–H groups in total. The van der Waals surface area contributed by atoms with Crippen molar-refractivity contribution >= 4 is 17.5 Å². The molecule has 1 aliphatic heterocycles. The summed E-state index contributed by atoms with van der Waals surface area (Å²) in [5, 5.41) is 2.71. The third-order valence-electron chi connectivity index (χ3n) is 4.48. The molecule has 142 valence electrons. The first-order chi connectivity index (χ1) is 12.9. The fourth-order valence-corrected chi connectivity index (χ4v) is 2.91. The van der Waals surface area contributed by atoms with Crippen molar-refractivity contribution < 1.29 is 18.7 Å². The predicted octanol–water partition coefficient (Wildman–Crippen LogP) is 3.85. The number of anilines is 1. The largest absolute Gasteiger partial charge is 0.483 e. The normalized spacial score (nSPS) is 13.8. The van der Waals surface area contributed by atoms with E-state index in [1.165, 1.54) is 18.2 Å². The number of nitrogens with one attached hydrogen (secondary N) is 1. The molecule has 2 aromatic carbocycles. The molecule has 0 saturated carbocycles. The number of fused-ring (bicyclic) bond motifs is 1. The maximum Gasteiger partial charge on any atom is 0.260 e. The summed E-state index contributed by atoms with van der Waals surface area (Å²) >= 11 is 0. The van der Waals surface area contributed by atoms with E-state index in [-0.39, 0.29) is 18.1 Å². The van der Waals surface area contributed by atoms with E-state index in [4.69, 9.17) is 4.74 Å². The summed E-state index contributed by atoms with van der Waals surface area (Å²) < 4.78 is 19.4.